The molecule has 0 aromatic rings. The van der Waals surface area contributed by atoms with Gasteiger partial charge in [-0.25, -0.2) is 9.59 Å². The van der Waals surface area contributed by atoms with Crippen LogP contribution in [0.3, 0.4) is 0 Å². The number of rotatable bonds is 6. The number of hydrogen-bond donors (Lipinski definition) is 2. The first-order valence-corrected chi connectivity index (χ1v) is 4.88. The predicted octanol–water partition coefficient (Wildman–Crippen LogP) is 1.23. The first-order valence-electron chi connectivity index (χ1n) is 4.88. The van der Waals surface area contributed by atoms with Gasteiger partial charge in [-0.1, -0.05) is 18.2 Å². The van der Waals surface area contributed by atoms with E-state index in [0.717, 1.165) is 5.57 Å². The molecule has 0 heterocycles. The number of amides is 2. The zero-order valence-electron chi connectivity index (χ0n) is 9.69. The summed E-state index contributed by atoms with van der Waals surface area (Å²) in [6.07, 6.45) is 1.65. The van der Waals surface area contributed by atoms with E-state index < -0.39 is 18.0 Å². The van der Waals surface area contributed by atoms with Crippen molar-refractivity contribution in [2.75, 3.05) is 13.6 Å². The molecule has 0 aromatic carbocycles. The molecule has 90 valence electrons. The Morgan fingerprint density at radius 3 is 2.50 bits per heavy atom. The van der Waals surface area contributed by atoms with Gasteiger partial charge in [-0.15, -0.1) is 6.58 Å². The van der Waals surface area contributed by atoms with Crippen LogP contribution in [-0.4, -0.2) is 41.6 Å². The van der Waals surface area contributed by atoms with Crippen LogP contribution in [0.4, 0.5) is 4.79 Å². The van der Waals surface area contributed by atoms with Crippen LogP contribution in [0.1, 0.15) is 13.3 Å². The lowest BCUT2D eigenvalue weighted by molar-refractivity contribution is -0.139. The number of carboxylic acid groups (broad SMARTS) is 1. The van der Waals surface area contributed by atoms with Gasteiger partial charge in [-0.2, -0.15) is 0 Å². The summed E-state index contributed by atoms with van der Waals surface area (Å²) in [5.74, 6) is -1.07. The van der Waals surface area contributed by atoms with E-state index in [0.29, 0.717) is 6.54 Å². The van der Waals surface area contributed by atoms with Crippen molar-refractivity contribution in [1.29, 1.82) is 0 Å². The molecule has 0 aliphatic carbocycles. The van der Waals surface area contributed by atoms with Crippen LogP contribution in [-0.2, 0) is 4.79 Å². The fraction of sp³-hybridized carbons (Fsp3) is 0.455. The molecule has 0 radical (unpaired) electrons. The Hall–Kier alpha value is -1.78. The highest BCUT2D eigenvalue weighted by Gasteiger charge is 2.19. The molecule has 1 unspecified atom stereocenters. The Bertz CT molecular complexity index is 300. The van der Waals surface area contributed by atoms with Crippen molar-refractivity contribution in [3.05, 3.63) is 24.8 Å². The van der Waals surface area contributed by atoms with E-state index in [9.17, 15) is 9.59 Å². The van der Waals surface area contributed by atoms with Gasteiger partial charge < -0.3 is 15.3 Å². The standard InChI is InChI=1S/C11H18N2O3/c1-5-6-9(10(14)15)12-11(16)13(4)7-8(2)3/h5,9H,1-2,6-7H2,3-4H3,(H,12,16)(H,14,15). The van der Waals surface area contributed by atoms with E-state index in [1.54, 1.807) is 14.0 Å². The normalized spacial score (nSPS) is 11.4. The first-order chi connectivity index (χ1) is 7.38. The van der Waals surface area contributed by atoms with Gasteiger partial charge in [0.15, 0.2) is 0 Å². The number of likely N-dealkylation sites (N-methyl/N-ethyl adjacent to an activating group) is 1. The molecule has 0 aliphatic heterocycles. The van der Waals surface area contributed by atoms with Gasteiger partial charge >= 0.3 is 12.0 Å². The van der Waals surface area contributed by atoms with E-state index in [1.807, 2.05) is 0 Å². The van der Waals surface area contributed by atoms with Gasteiger partial charge in [-0.3, -0.25) is 0 Å². The van der Waals surface area contributed by atoms with Crippen LogP contribution >= 0.6 is 0 Å². The maximum Gasteiger partial charge on any atom is 0.326 e. The van der Waals surface area contributed by atoms with E-state index in [2.05, 4.69) is 18.5 Å². The largest absolute Gasteiger partial charge is 0.480 e. The monoisotopic (exact) mass is 226 g/mol. The first kappa shape index (κ1) is 14.2. The van der Waals surface area contributed by atoms with Crippen LogP contribution in [0.25, 0.3) is 0 Å². The average Bonchev–Trinajstić information content (AvgIpc) is 2.15. The van der Waals surface area contributed by atoms with E-state index in [1.165, 1.54) is 11.0 Å². The van der Waals surface area contributed by atoms with Crippen molar-refractivity contribution >= 4 is 12.0 Å². The van der Waals surface area contributed by atoms with Gasteiger partial charge in [0.2, 0.25) is 0 Å². The quantitative estimate of drug-likeness (QED) is 0.669. The summed E-state index contributed by atoms with van der Waals surface area (Å²) < 4.78 is 0. The minimum absolute atomic E-state index is 0.196. The average molecular weight is 226 g/mol. The number of carbonyl (C=O) groups is 2. The number of carbonyl (C=O) groups excluding carboxylic acids is 1. The number of carboxylic acids is 1. The third-order valence-corrected chi connectivity index (χ3v) is 1.85. The fourth-order valence-corrected chi connectivity index (χ4v) is 1.12. The van der Waals surface area contributed by atoms with Crippen LogP contribution in [0, 0.1) is 0 Å². The number of aliphatic carboxylic acids is 1. The number of nitrogens with zero attached hydrogens (tertiary/aromatic N) is 1. The summed E-state index contributed by atoms with van der Waals surface area (Å²) in [4.78, 5) is 23.7. The molecule has 0 spiro atoms. The lowest BCUT2D eigenvalue weighted by atomic mass is 10.2. The second kappa shape index (κ2) is 6.66. The van der Waals surface area contributed by atoms with E-state index in [4.69, 9.17) is 5.11 Å². The van der Waals surface area contributed by atoms with Gasteiger partial charge in [0, 0.05) is 13.6 Å². The van der Waals surface area contributed by atoms with Crippen LogP contribution in [0.2, 0.25) is 0 Å². The van der Waals surface area contributed by atoms with Gasteiger partial charge in [0.1, 0.15) is 6.04 Å². The lowest BCUT2D eigenvalue weighted by Gasteiger charge is -2.20. The van der Waals surface area contributed by atoms with Crippen molar-refractivity contribution in [2.45, 2.75) is 19.4 Å². The molecule has 16 heavy (non-hydrogen) atoms. The van der Waals surface area contributed by atoms with Crippen molar-refractivity contribution in [1.82, 2.24) is 10.2 Å². The van der Waals surface area contributed by atoms with E-state index >= 15 is 0 Å². The maximum absolute atomic E-state index is 11.5. The Labute approximate surface area is 95.4 Å². The van der Waals surface area contributed by atoms with Gasteiger partial charge in [0.25, 0.3) is 0 Å². The third kappa shape index (κ3) is 5.19. The molecule has 0 rings (SSSR count). The van der Waals surface area contributed by atoms with E-state index in [-0.39, 0.29) is 6.42 Å². The molecule has 0 aliphatic rings. The molecule has 0 fully saturated rings. The Kier molecular flexibility index (Phi) is 5.92. The highest BCUT2D eigenvalue weighted by Crippen LogP contribution is 1.97. The second-order valence-electron chi connectivity index (χ2n) is 3.68. The molecule has 2 N–H and O–H groups in total. The van der Waals surface area contributed by atoms with Crippen molar-refractivity contribution in [3.63, 3.8) is 0 Å². The maximum atomic E-state index is 11.5. The van der Waals surface area contributed by atoms with Crippen LogP contribution in [0.15, 0.2) is 24.8 Å². The van der Waals surface area contributed by atoms with Crippen LogP contribution in [0.5, 0.6) is 0 Å². The predicted molar refractivity (Wildman–Crippen MR) is 62.2 cm³/mol. The number of hydrogen-bond acceptors (Lipinski definition) is 2. The van der Waals surface area contributed by atoms with Crippen molar-refractivity contribution in [2.24, 2.45) is 0 Å². The molecule has 0 aromatic heterocycles. The fourth-order valence-electron chi connectivity index (χ4n) is 1.12. The SMILES string of the molecule is C=CCC(NC(=O)N(C)CC(=C)C)C(=O)O. The molecule has 1 atom stereocenters. The Morgan fingerprint density at radius 1 is 1.56 bits per heavy atom. The Morgan fingerprint density at radius 2 is 2.12 bits per heavy atom. The zero-order chi connectivity index (χ0) is 12.7. The zero-order valence-corrected chi connectivity index (χ0v) is 9.69. The molecular formula is C11H18N2O3. The minimum Gasteiger partial charge on any atom is -0.480 e. The minimum atomic E-state index is -1.07. The topological polar surface area (TPSA) is 69.6 Å². The summed E-state index contributed by atoms with van der Waals surface area (Å²) in [6.45, 7) is 9.30. The molecule has 5 heteroatoms. The molecule has 0 saturated carbocycles. The summed E-state index contributed by atoms with van der Waals surface area (Å²) in [5.41, 5.74) is 0.827. The smallest absolute Gasteiger partial charge is 0.326 e. The molecular weight excluding hydrogens is 208 g/mol. The molecule has 0 saturated heterocycles. The summed E-state index contributed by atoms with van der Waals surface area (Å²) in [7, 11) is 1.58. The Balaban J connectivity index is 4.33. The van der Waals surface area contributed by atoms with Crippen molar-refractivity contribution < 1.29 is 14.7 Å². The van der Waals surface area contributed by atoms with Crippen molar-refractivity contribution in [3.8, 4) is 0 Å². The summed E-state index contributed by atoms with van der Waals surface area (Å²) in [6, 6.07) is -1.37. The third-order valence-electron chi connectivity index (χ3n) is 1.85. The number of urea groups is 1. The molecule has 0 bridgehead atoms. The summed E-state index contributed by atoms with van der Waals surface area (Å²) >= 11 is 0. The number of nitrogens with one attached hydrogen (secondary N) is 1. The second-order valence-corrected chi connectivity index (χ2v) is 3.68. The highest BCUT2D eigenvalue weighted by molar-refractivity contribution is 5.82. The lowest BCUT2D eigenvalue weighted by Crippen LogP contribution is -2.46. The highest BCUT2D eigenvalue weighted by atomic mass is 16.4. The summed E-state index contributed by atoms with van der Waals surface area (Å²) in [5, 5.41) is 11.2. The molecule has 2 amide bonds. The van der Waals surface area contributed by atoms with Gasteiger partial charge in [-0.05, 0) is 13.3 Å². The molecule has 5 nitrogen and oxygen atoms in total. The van der Waals surface area contributed by atoms with Crippen LogP contribution < -0.4 is 5.32 Å². The van der Waals surface area contributed by atoms with Gasteiger partial charge in [0.05, 0.1) is 0 Å².